The Morgan fingerprint density at radius 3 is 2.50 bits per heavy atom. The summed E-state index contributed by atoms with van der Waals surface area (Å²) in [7, 11) is 1.70. The van der Waals surface area contributed by atoms with Crippen LogP contribution in [0, 0.1) is 0 Å². The molecule has 1 aliphatic heterocycles. The zero-order valence-corrected chi connectivity index (χ0v) is 10.2. The summed E-state index contributed by atoms with van der Waals surface area (Å²) in [4.78, 5) is 10.3. The normalized spacial score (nSPS) is 21.4. The van der Waals surface area contributed by atoms with Crippen LogP contribution < -0.4 is 5.14 Å². The molecule has 0 aliphatic carbocycles. The smallest absolute Gasteiger partial charge is 0.220 e. The van der Waals surface area contributed by atoms with E-state index in [1.165, 1.54) is 0 Å². The molecule has 6 nitrogen and oxygen atoms in total. The van der Waals surface area contributed by atoms with Gasteiger partial charge in [0.1, 0.15) is 0 Å². The van der Waals surface area contributed by atoms with Gasteiger partial charge in [0, 0.05) is 39.4 Å². The van der Waals surface area contributed by atoms with Gasteiger partial charge in [0.05, 0.1) is 0 Å². The zero-order valence-electron chi connectivity index (χ0n) is 9.37. The second-order valence-corrected chi connectivity index (χ2v) is 4.30. The molecular weight excluding hydrogens is 226 g/mol. The summed E-state index contributed by atoms with van der Waals surface area (Å²) >= 11 is -1.38. The molecular formula is C9H17N5OS. The third-order valence-electron chi connectivity index (χ3n) is 2.27. The van der Waals surface area contributed by atoms with Crippen molar-refractivity contribution in [3.05, 3.63) is 12.7 Å². The van der Waals surface area contributed by atoms with Crippen molar-refractivity contribution in [2.24, 2.45) is 15.1 Å². The number of hydrogen-bond acceptors (Lipinski definition) is 2. The summed E-state index contributed by atoms with van der Waals surface area (Å²) in [5.74, 6) is 0.669. The van der Waals surface area contributed by atoms with Crippen molar-refractivity contribution >= 4 is 23.3 Å². The molecule has 1 unspecified atom stereocenters. The summed E-state index contributed by atoms with van der Waals surface area (Å²) in [5.41, 5.74) is 0. The molecule has 1 atom stereocenters. The first kappa shape index (κ1) is 13.0. The Morgan fingerprint density at radius 2 is 2.06 bits per heavy atom. The van der Waals surface area contributed by atoms with Gasteiger partial charge in [-0.05, 0) is 0 Å². The maximum absolute atomic E-state index is 11.0. The predicted molar refractivity (Wildman–Crippen MR) is 67.5 cm³/mol. The first-order valence-corrected chi connectivity index (χ1v) is 6.14. The maximum atomic E-state index is 11.0. The van der Waals surface area contributed by atoms with Crippen molar-refractivity contribution in [2.75, 3.05) is 33.2 Å². The van der Waals surface area contributed by atoms with Gasteiger partial charge in [0.25, 0.3) is 0 Å². The number of aliphatic imine (C=N–C) groups is 2. The summed E-state index contributed by atoms with van der Waals surface area (Å²) in [6.07, 6.45) is 3.21. The van der Waals surface area contributed by atoms with Crippen molar-refractivity contribution in [1.82, 2.24) is 9.21 Å². The Morgan fingerprint density at radius 1 is 1.44 bits per heavy atom. The van der Waals surface area contributed by atoms with Gasteiger partial charge in [-0.15, -0.1) is 0 Å². The van der Waals surface area contributed by atoms with Gasteiger partial charge in [-0.3, -0.25) is 4.99 Å². The lowest BCUT2D eigenvalue weighted by molar-refractivity contribution is 0.273. The Hall–Kier alpha value is -1.05. The van der Waals surface area contributed by atoms with Crippen molar-refractivity contribution in [3.8, 4) is 0 Å². The lowest BCUT2D eigenvalue weighted by Crippen LogP contribution is -2.50. The van der Waals surface area contributed by atoms with Crippen LogP contribution in [-0.2, 0) is 11.2 Å². The number of nitrogens with zero attached hydrogens (tertiary/aromatic N) is 4. The van der Waals surface area contributed by atoms with E-state index in [1.807, 2.05) is 4.90 Å². The highest BCUT2D eigenvalue weighted by molar-refractivity contribution is 7.80. The van der Waals surface area contributed by atoms with E-state index in [4.69, 9.17) is 5.14 Å². The van der Waals surface area contributed by atoms with Gasteiger partial charge in [-0.1, -0.05) is 12.7 Å². The molecule has 16 heavy (non-hydrogen) atoms. The molecule has 0 amide bonds. The molecule has 0 aromatic heterocycles. The number of rotatable bonds is 2. The summed E-state index contributed by atoms with van der Waals surface area (Å²) in [5, 5.41) is 5.31. The Labute approximate surface area is 98.3 Å². The third-order valence-corrected chi connectivity index (χ3v) is 3.15. The van der Waals surface area contributed by atoms with Crippen LogP contribution in [0.25, 0.3) is 0 Å². The van der Waals surface area contributed by atoms with Crippen molar-refractivity contribution < 1.29 is 4.21 Å². The first-order chi connectivity index (χ1) is 7.69. The fourth-order valence-corrected chi connectivity index (χ4v) is 1.99. The summed E-state index contributed by atoms with van der Waals surface area (Å²) in [6.45, 7) is 6.33. The summed E-state index contributed by atoms with van der Waals surface area (Å²) in [6, 6.07) is 0. The van der Waals surface area contributed by atoms with Gasteiger partial charge in [-0.25, -0.2) is 18.6 Å². The molecule has 1 heterocycles. The fourth-order valence-electron chi connectivity index (χ4n) is 1.47. The van der Waals surface area contributed by atoms with E-state index in [1.54, 1.807) is 23.6 Å². The molecule has 90 valence electrons. The van der Waals surface area contributed by atoms with Crippen LogP contribution >= 0.6 is 0 Å². The number of guanidine groups is 1. The van der Waals surface area contributed by atoms with E-state index in [-0.39, 0.29) is 0 Å². The van der Waals surface area contributed by atoms with Crippen LogP contribution in [0.3, 0.4) is 0 Å². The second-order valence-electron chi connectivity index (χ2n) is 3.23. The van der Waals surface area contributed by atoms with Crippen LogP contribution in [0.5, 0.6) is 0 Å². The third kappa shape index (κ3) is 3.51. The van der Waals surface area contributed by atoms with Gasteiger partial charge in [0.15, 0.2) is 11.2 Å². The Balaban J connectivity index is 2.55. The topological polar surface area (TPSA) is 74.3 Å². The zero-order chi connectivity index (χ0) is 12.0. The molecule has 0 bridgehead atoms. The van der Waals surface area contributed by atoms with Crippen LogP contribution in [-0.4, -0.2) is 58.8 Å². The molecule has 1 saturated heterocycles. The van der Waals surface area contributed by atoms with E-state index in [2.05, 4.69) is 16.6 Å². The van der Waals surface area contributed by atoms with Crippen LogP contribution in [0.2, 0.25) is 0 Å². The van der Waals surface area contributed by atoms with Crippen LogP contribution in [0.4, 0.5) is 0 Å². The number of hydrogen-bond donors (Lipinski definition) is 1. The monoisotopic (exact) mass is 243 g/mol. The van der Waals surface area contributed by atoms with Crippen molar-refractivity contribution in [2.45, 2.75) is 0 Å². The molecule has 1 aliphatic rings. The van der Waals surface area contributed by atoms with E-state index < -0.39 is 11.2 Å². The summed E-state index contributed by atoms with van der Waals surface area (Å²) < 4.78 is 12.8. The number of allylic oxidation sites excluding steroid dienone is 1. The highest BCUT2D eigenvalue weighted by atomic mass is 32.2. The van der Waals surface area contributed by atoms with Gasteiger partial charge in [0.2, 0.25) is 5.96 Å². The lowest BCUT2D eigenvalue weighted by Gasteiger charge is -2.33. The molecule has 0 aromatic carbocycles. The SMILES string of the molecule is C=C/C=N\C(=NC)N1CCN(S(N)=O)CC1. The van der Waals surface area contributed by atoms with Crippen molar-refractivity contribution in [1.29, 1.82) is 0 Å². The number of nitrogens with two attached hydrogens (primary N) is 1. The van der Waals surface area contributed by atoms with Crippen LogP contribution in [0.15, 0.2) is 22.6 Å². The highest BCUT2D eigenvalue weighted by Crippen LogP contribution is 2.04. The molecule has 0 saturated carbocycles. The molecule has 1 fully saturated rings. The fraction of sp³-hybridized carbons (Fsp3) is 0.556. The molecule has 0 radical (unpaired) electrons. The van der Waals surface area contributed by atoms with Crippen LogP contribution in [0.1, 0.15) is 0 Å². The minimum atomic E-state index is -1.38. The van der Waals surface area contributed by atoms with E-state index in [9.17, 15) is 4.21 Å². The Bertz CT molecular complexity index is 320. The Kier molecular flexibility index (Phi) is 5.30. The van der Waals surface area contributed by atoms with Gasteiger partial charge >= 0.3 is 0 Å². The van der Waals surface area contributed by atoms with E-state index in [0.717, 1.165) is 13.1 Å². The van der Waals surface area contributed by atoms with E-state index in [0.29, 0.717) is 19.0 Å². The minimum Gasteiger partial charge on any atom is -0.338 e. The standard InChI is InChI=1S/C9H17N5OS/c1-3-4-12-9(11-2)13-5-7-14(8-6-13)16(10)15/h3-4H,1,5-8,10H2,2H3/b11-9?,12-4-. The lowest BCUT2D eigenvalue weighted by atomic mass is 10.4. The van der Waals surface area contributed by atoms with E-state index >= 15 is 0 Å². The average Bonchev–Trinajstić information content (AvgIpc) is 2.30. The quantitative estimate of drug-likeness (QED) is 0.518. The molecule has 0 aromatic rings. The average molecular weight is 243 g/mol. The molecule has 2 N–H and O–H groups in total. The maximum Gasteiger partial charge on any atom is 0.220 e. The van der Waals surface area contributed by atoms with Gasteiger partial charge < -0.3 is 4.90 Å². The second kappa shape index (κ2) is 6.51. The minimum absolute atomic E-state index is 0.658. The largest absolute Gasteiger partial charge is 0.338 e. The number of piperazine rings is 1. The van der Waals surface area contributed by atoms with Gasteiger partial charge in [-0.2, -0.15) is 0 Å². The molecule has 7 heteroatoms. The molecule has 1 rings (SSSR count). The first-order valence-electron chi connectivity index (χ1n) is 4.97. The highest BCUT2D eigenvalue weighted by Gasteiger charge is 2.20. The predicted octanol–water partition coefficient (Wildman–Crippen LogP) is -0.616. The van der Waals surface area contributed by atoms with Crippen molar-refractivity contribution in [3.63, 3.8) is 0 Å². The molecule has 0 spiro atoms.